The van der Waals surface area contributed by atoms with Gasteiger partial charge in [0.1, 0.15) is 24.0 Å². The van der Waals surface area contributed by atoms with Gasteiger partial charge in [0, 0.05) is 5.56 Å². The van der Waals surface area contributed by atoms with Crippen LogP contribution in [0.25, 0.3) is 5.76 Å². The Morgan fingerprint density at radius 2 is 1.74 bits per heavy atom. The molecule has 0 saturated carbocycles. The molecule has 0 bridgehead atoms. The van der Waals surface area contributed by atoms with E-state index in [1.807, 2.05) is 0 Å². The van der Waals surface area contributed by atoms with Crippen molar-refractivity contribution >= 4 is 39.9 Å². The number of hydrogen-bond donors (Lipinski definition) is 1. The van der Waals surface area contributed by atoms with Gasteiger partial charge in [-0.2, -0.15) is 0 Å². The summed E-state index contributed by atoms with van der Waals surface area (Å²) in [5, 5.41) is 20.1. The van der Waals surface area contributed by atoms with Gasteiger partial charge in [0.15, 0.2) is 11.5 Å². The molecule has 10 nitrogen and oxygen atoms in total. The Kier molecular flexibility index (Phi) is 5.69. The molecule has 1 amide bonds. The number of Topliss-reactive ketones (excluding diaryl/α,β-unsaturated/α-hetero) is 1. The highest BCUT2D eigenvalue weighted by atomic mass is 32.1. The van der Waals surface area contributed by atoms with Crippen molar-refractivity contribution in [2.24, 2.45) is 0 Å². The highest BCUT2D eigenvalue weighted by molar-refractivity contribution is 7.15. The van der Waals surface area contributed by atoms with E-state index in [9.17, 15) is 19.5 Å². The van der Waals surface area contributed by atoms with Crippen LogP contribution in [0.5, 0.6) is 11.5 Å². The molecule has 0 spiro atoms. The van der Waals surface area contributed by atoms with E-state index in [-0.39, 0.29) is 22.0 Å². The van der Waals surface area contributed by atoms with E-state index < -0.39 is 23.7 Å². The van der Waals surface area contributed by atoms with Crippen LogP contribution in [0.1, 0.15) is 32.5 Å². The lowest BCUT2D eigenvalue weighted by atomic mass is 9.94. The number of ether oxygens (including phenoxy) is 3. The third-order valence-corrected chi connectivity index (χ3v) is 6.47. The van der Waals surface area contributed by atoms with Crippen LogP contribution < -0.4 is 14.4 Å². The molecule has 35 heavy (non-hydrogen) atoms. The zero-order valence-corrected chi connectivity index (χ0v) is 19.5. The van der Waals surface area contributed by atoms with Crippen molar-refractivity contribution in [3.05, 3.63) is 69.7 Å². The molecule has 0 radical (unpaired) electrons. The van der Waals surface area contributed by atoms with Crippen LogP contribution in [0.4, 0.5) is 5.13 Å². The van der Waals surface area contributed by atoms with Gasteiger partial charge < -0.3 is 19.3 Å². The van der Waals surface area contributed by atoms with Crippen molar-refractivity contribution in [3.63, 3.8) is 0 Å². The summed E-state index contributed by atoms with van der Waals surface area (Å²) in [5.41, 5.74) is 0.956. The first-order valence-corrected chi connectivity index (χ1v) is 11.4. The zero-order chi connectivity index (χ0) is 24.7. The van der Waals surface area contributed by atoms with Crippen molar-refractivity contribution in [1.29, 1.82) is 0 Å². The van der Waals surface area contributed by atoms with E-state index in [1.165, 1.54) is 24.1 Å². The van der Waals surface area contributed by atoms with Gasteiger partial charge >= 0.3 is 11.9 Å². The lowest BCUT2D eigenvalue weighted by Crippen LogP contribution is -2.29. The number of aliphatic hydroxyl groups excluding tert-OH is 1. The smallest absolute Gasteiger partial charge is 0.337 e. The number of esters is 1. The predicted molar refractivity (Wildman–Crippen MR) is 125 cm³/mol. The average molecular weight is 493 g/mol. The van der Waals surface area contributed by atoms with E-state index in [1.54, 1.807) is 37.3 Å². The molecule has 5 rings (SSSR count). The monoisotopic (exact) mass is 493 g/mol. The lowest BCUT2D eigenvalue weighted by molar-refractivity contribution is -0.132. The first kappa shape index (κ1) is 22.5. The number of carbonyl (C=O) groups excluding carboxylic acids is 3. The second-order valence-corrected chi connectivity index (χ2v) is 8.90. The highest BCUT2D eigenvalue weighted by Crippen LogP contribution is 2.43. The Hall–Kier alpha value is -4.25. The molecule has 3 heterocycles. The highest BCUT2D eigenvalue weighted by Gasteiger charge is 2.48. The maximum Gasteiger partial charge on any atom is 0.337 e. The Morgan fingerprint density at radius 3 is 2.40 bits per heavy atom. The van der Waals surface area contributed by atoms with E-state index >= 15 is 0 Å². The maximum atomic E-state index is 13.2. The molecule has 0 aliphatic carbocycles. The summed E-state index contributed by atoms with van der Waals surface area (Å²) < 4.78 is 15.9. The average Bonchev–Trinajstić information content (AvgIpc) is 3.43. The normalized spacial score (nSPS) is 18.6. The molecule has 178 valence electrons. The van der Waals surface area contributed by atoms with Crippen LogP contribution >= 0.6 is 11.3 Å². The van der Waals surface area contributed by atoms with Crippen molar-refractivity contribution in [2.75, 3.05) is 25.2 Å². The largest absolute Gasteiger partial charge is 0.507 e. The molecule has 11 heteroatoms. The number of carbonyl (C=O) groups is 3. The first-order valence-electron chi connectivity index (χ1n) is 10.6. The lowest BCUT2D eigenvalue weighted by Gasteiger charge is -2.23. The summed E-state index contributed by atoms with van der Waals surface area (Å²) in [6.45, 7) is 2.49. The summed E-state index contributed by atoms with van der Waals surface area (Å²) in [5.74, 6) is -1.66. The third-order valence-electron chi connectivity index (χ3n) is 5.63. The summed E-state index contributed by atoms with van der Waals surface area (Å²) in [6.07, 6.45) is 0. The van der Waals surface area contributed by atoms with Gasteiger partial charge in [-0.15, -0.1) is 10.2 Å². The SMILES string of the molecule is COC(=O)c1ccc([C@H]2/C(=C(\O)c3ccc4c(c3)OCCO4)C(=O)C(=O)N2c2nnc(C)s2)cc1. The molecular weight excluding hydrogens is 474 g/mol. The number of nitrogens with zero attached hydrogens (tertiary/aromatic N) is 3. The minimum absolute atomic E-state index is 0.120. The number of methoxy groups -OCH3 is 1. The quantitative estimate of drug-likeness (QED) is 0.252. The Morgan fingerprint density at radius 1 is 1.06 bits per heavy atom. The molecule has 2 aliphatic rings. The molecule has 1 aromatic heterocycles. The van der Waals surface area contributed by atoms with Crippen LogP contribution in [-0.2, 0) is 14.3 Å². The van der Waals surface area contributed by atoms with Gasteiger partial charge in [-0.05, 0) is 42.8 Å². The second kappa shape index (κ2) is 8.84. The van der Waals surface area contributed by atoms with Crippen LogP contribution in [-0.4, -0.2) is 53.3 Å². The van der Waals surface area contributed by atoms with E-state index in [4.69, 9.17) is 14.2 Å². The number of anilines is 1. The molecule has 1 saturated heterocycles. The van der Waals surface area contributed by atoms with E-state index in [0.29, 0.717) is 40.8 Å². The van der Waals surface area contributed by atoms with Gasteiger partial charge in [-0.1, -0.05) is 23.5 Å². The minimum atomic E-state index is -0.998. The molecule has 3 aromatic rings. The number of benzene rings is 2. The van der Waals surface area contributed by atoms with E-state index in [2.05, 4.69) is 10.2 Å². The number of aliphatic hydroxyl groups is 1. The second-order valence-electron chi connectivity index (χ2n) is 7.74. The number of fused-ring (bicyclic) bond motifs is 1. The van der Waals surface area contributed by atoms with Crippen LogP contribution in [0.15, 0.2) is 48.0 Å². The maximum absolute atomic E-state index is 13.2. The Bertz CT molecular complexity index is 1380. The van der Waals surface area contributed by atoms with E-state index in [0.717, 1.165) is 11.3 Å². The molecule has 2 aromatic carbocycles. The standard InChI is InChI=1S/C24H19N3O7S/c1-12-25-26-24(35-12)27-19(13-3-5-14(6-4-13)23(31)32-2)18(21(29)22(27)30)20(28)15-7-8-16-17(11-15)34-10-9-33-16/h3-8,11,19,28H,9-10H2,1-2H3/b20-18+/t19-/m0/s1. The third kappa shape index (κ3) is 3.89. The number of hydrogen-bond acceptors (Lipinski definition) is 10. The summed E-state index contributed by atoms with van der Waals surface area (Å²) in [7, 11) is 1.27. The summed E-state index contributed by atoms with van der Waals surface area (Å²) >= 11 is 1.14. The first-order chi connectivity index (χ1) is 16.9. The number of aromatic nitrogens is 2. The van der Waals surface area contributed by atoms with Gasteiger partial charge in [0.2, 0.25) is 5.13 Å². The fourth-order valence-electron chi connectivity index (χ4n) is 3.99. The van der Waals surface area contributed by atoms with Gasteiger partial charge in [0.25, 0.3) is 5.78 Å². The van der Waals surface area contributed by atoms with Crippen LogP contribution in [0, 0.1) is 6.92 Å². The fourth-order valence-corrected chi connectivity index (χ4v) is 4.71. The number of ketones is 1. The topological polar surface area (TPSA) is 128 Å². The molecule has 0 unspecified atom stereocenters. The summed E-state index contributed by atoms with van der Waals surface area (Å²) in [6, 6.07) is 10.0. The van der Waals surface area contributed by atoms with Crippen LogP contribution in [0.3, 0.4) is 0 Å². The van der Waals surface area contributed by atoms with Crippen molar-refractivity contribution in [1.82, 2.24) is 10.2 Å². The van der Waals surface area contributed by atoms with Gasteiger partial charge in [0.05, 0.1) is 24.3 Å². The van der Waals surface area contributed by atoms with Crippen molar-refractivity contribution in [3.8, 4) is 11.5 Å². The Labute approximate surface area is 203 Å². The van der Waals surface area contributed by atoms with Gasteiger partial charge in [-0.25, -0.2) is 4.79 Å². The van der Waals surface area contributed by atoms with Crippen molar-refractivity contribution < 1.29 is 33.7 Å². The zero-order valence-electron chi connectivity index (χ0n) is 18.7. The van der Waals surface area contributed by atoms with Crippen molar-refractivity contribution in [2.45, 2.75) is 13.0 Å². The molecule has 2 aliphatic heterocycles. The molecule has 1 fully saturated rings. The van der Waals surface area contributed by atoms with Crippen LogP contribution in [0.2, 0.25) is 0 Å². The fraction of sp³-hybridized carbons (Fsp3) is 0.208. The predicted octanol–water partition coefficient (Wildman–Crippen LogP) is 3.03. The number of rotatable bonds is 4. The van der Waals surface area contributed by atoms with Gasteiger partial charge in [-0.3, -0.25) is 14.5 Å². The number of aryl methyl sites for hydroxylation is 1. The molecule has 1 atom stereocenters. The molecule has 1 N–H and O–H groups in total. The minimum Gasteiger partial charge on any atom is -0.507 e. The number of amides is 1. The molecular formula is C24H19N3O7S. The summed E-state index contributed by atoms with van der Waals surface area (Å²) in [4.78, 5) is 39.5. The Balaban J connectivity index is 1.66.